The average molecular weight is 447 g/mol. The Balaban J connectivity index is 1.55. The number of benzene rings is 2. The molecule has 0 bridgehead atoms. The Labute approximate surface area is 199 Å². The summed E-state index contributed by atoms with van der Waals surface area (Å²) in [7, 11) is 2.09. The van der Waals surface area contributed by atoms with Crippen LogP contribution in [0.2, 0.25) is 0 Å². The third kappa shape index (κ3) is 3.03. The minimum atomic E-state index is -0.138. The van der Waals surface area contributed by atoms with Gasteiger partial charge in [-0.15, -0.1) is 0 Å². The number of para-hydroxylation sites is 2. The summed E-state index contributed by atoms with van der Waals surface area (Å²) in [5.74, 6) is 1.66. The molecule has 1 aliphatic carbocycles. The van der Waals surface area contributed by atoms with Gasteiger partial charge in [0.05, 0.1) is 5.69 Å². The van der Waals surface area contributed by atoms with E-state index < -0.39 is 0 Å². The predicted molar refractivity (Wildman–Crippen MR) is 138 cm³/mol. The molecule has 0 amide bonds. The van der Waals surface area contributed by atoms with E-state index in [1.165, 1.54) is 11.1 Å². The van der Waals surface area contributed by atoms with Gasteiger partial charge in [0.15, 0.2) is 17.8 Å². The molecule has 1 aromatic heterocycles. The molecule has 0 radical (unpaired) electrons. The number of fused-ring (bicyclic) bond motifs is 1. The normalized spacial score (nSPS) is 20.5. The van der Waals surface area contributed by atoms with Crippen molar-refractivity contribution in [2.24, 2.45) is 0 Å². The minimum Gasteiger partial charge on any atom is -0.367 e. The zero-order valence-corrected chi connectivity index (χ0v) is 19.3. The molecule has 6 heteroatoms. The molecule has 3 aliphatic rings. The van der Waals surface area contributed by atoms with Gasteiger partial charge >= 0.3 is 0 Å². The molecule has 0 spiro atoms. The van der Waals surface area contributed by atoms with Crippen LogP contribution in [-0.4, -0.2) is 34.2 Å². The Morgan fingerprint density at radius 3 is 2.26 bits per heavy atom. The SMILES string of the molecule is C=C(C1=CC=C1C)c1ccccc1N1c2nccnc2N(c2ccccc2)C1C1NC=CN1C. The van der Waals surface area contributed by atoms with Gasteiger partial charge in [0.25, 0.3) is 0 Å². The van der Waals surface area contributed by atoms with Crippen molar-refractivity contribution in [1.29, 1.82) is 0 Å². The first-order valence-electron chi connectivity index (χ1n) is 11.4. The van der Waals surface area contributed by atoms with Gasteiger partial charge in [0.1, 0.15) is 6.17 Å². The van der Waals surface area contributed by atoms with Gasteiger partial charge in [-0.1, -0.05) is 55.1 Å². The number of nitrogens with zero attached hydrogens (tertiary/aromatic N) is 5. The van der Waals surface area contributed by atoms with Gasteiger partial charge < -0.3 is 10.2 Å². The maximum Gasteiger partial charge on any atom is 0.178 e. The van der Waals surface area contributed by atoms with E-state index in [4.69, 9.17) is 9.97 Å². The Morgan fingerprint density at radius 1 is 0.912 bits per heavy atom. The molecule has 34 heavy (non-hydrogen) atoms. The molecule has 0 saturated carbocycles. The molecule has 168 valence electrons. The second-order valence-electron chi connectivity index (χ2n) is 8.71. The molecule has 2 aliphatic heterocycles. The van der Waals surface area contributed by atoms with Crippen LogP contribution in [0.3, 0.4) is 0 Å². The van der Waals surface area contributed by atoms with E-state index in [2.05, 4.69) is 107 Å². The van der Waals surface area contributed by atoms with Crippen molar-refractivity contribution in [3.05, 3.63) is 115 Å². The number of rotatable bonds is 5. The van der Waals surface area contributed by atoms with Crippen LogP contribution in [0, 0.1) is 0 Å². The molecular formula is C28H26N6. The summed E-state index contributed by atoms with van der Waals surface area (Å²) in [6.45, 7) is 6.60. The van der Waals surface area contributed by atoms with E-state index in [0.717, 1.165) is 34.1 Å². The van der Waals surface area contributed by atoms with Gasteiger partial charge in [-0.05, 0) is 41.8 Å². The van der Waals surface area contributed by atoms with Gasteiger partial charge in [0.2, 0.25) is 0 Å². The maximum atomic E-state index is 4.83. The van der Waals surface area contributed by atoms with Crippen LogP contribution in [0.1, 0.15) is 12.5 Å². The Kier molecular flexibility index (Phi) is 4.73. The lowest BCUT2D eigenvalue weighted by Gasteiger charge is -2.39. The first-order chi connectivity index (χ1) is 16.6. The number of aromatic nitrogens is 2. The third-order valence-corrected chi connectivity index (χ3v) is 6.72. The van der Waals surface area contributed by atoms with Crippen molar-refractivity contribution in [3.8, 4) is 0 Å². The van der Waals surface area contributed by atoms with Crippen molar-refractivity contribution < 1.29 is 0 Å². The minimum absolute atomic E-state index is 0.0259. The lowest BCUT2D eigenvalue weighted by Crippen LogP contribution is -2.56. The van der Waals surface area contributed by atoms with E-state index >= 15 is 0 Å². The predicted octanol–water partition coefficient (Wildman–Crippen LogP) is 5.32. The third-order valence-electron chi connectivity index (χ3n) is 6.72. The van der Waals surface area contributed by atoms with Crippen LogP contribution in [0.5, 0.6) is 0 Å². The maximum absolute atomic E-state index is 4.83. The molecule has 0 saturated heterocycles. The standard InChI is InChI=1S/C28H26N6/c1-19-13-14-22(19)20(2)23-11-7-8-12-24(23)34-26-25(29-15-16-30-26)33(21-9-5-4-6-10-21)28(34)27-31-17-18-32(27)3/h4-18,27-28,31H,2H2,1,3H3. The smallest absolute Gasteiger partial charge is 0.178 e. The van der Waals surface area contributed by atoms with Crippen molar-refractivity contribution in [3.63, 3.8) is 0 Å². The second kappa shape index (κ2) is 7.92. The fourth-order valence-corrected chi connectivity index (χ4v) is 4.95. The van der Waals surface area contributed by atoms with Gasteiger partial charge in [-0.2, -0.15) is 0 Å². The molecule has 6 rings (SSSR count). The molecule has 1 N–H and O–H groups in total. The fraction of sp³-hybridized carbons (Fsp3) is 0.143. The largest absolute Gasteiger partial charge is 0.367 e. The van der Waals surface area contributed by atoms with Crippen LogP contribution in [-0.2, 0) is 0 Å². The van der Waals surface area contributed by atoms with Gasteiger partial charge in [-0.25, -0.2) is 9.97 Å². The van der Waals surface area contributed by atoms with E-state index in [0.29, 0.717) is 0 Å². The summed E-state index contributed by atoms with van der Waals surface area (Å²) < 4.78 is 0. The van der Waals surface area contributed by atoms with Crippen LogP contribution in [0.15, 0.2) is 109 Å². The van der Waals surface area contributed by atoms with Crippen molar-refractivity contribution in [2.75, 3.05) is 16.8 Å². The number of hydrogen-bond acceptors (Lipinski definition) is 6. The van der Waals surface area contributed by atoms with Crippen LogP contribution in [0.4, 0.5) is 23.0 Å². The number of nitrogens with one attached hydrogen (secondary N) is 1. The molecule has 6 nitrogen and oxygen atoms in total. The number of anilines is 4. The summed E-state index contributed by atoms with van der Waals surface area (Å²) in [5, 5.41) is 3.55. The van der Waals surface area contributed by atoms with Crippen molar-refractivity contribution in [1.82, 2.24) is 20.2 Å². The highest BCUT2D eigenvalue weighted by atomic mass is 15.5. The van der Waals surface area contributed by atoms with Gasteiger partial charge in [0, 0.05) is 43.1 Å². The molecule has 2 aromatic carbocycles. The average Bonchev–Trinajstić information content (AvgIpc) is 3.44. The van der Waals surface area contributed by atoms with E-state index in [1.807, 2.05) is 12.3 Å². The van der Waals surface area contributed by atoms with E-state index in [-0.39, 0.29) is 12.3 Å². The second-order valence-corrected chi connectivity index (χ2v) is 8.71. The first kappa shape index (κ1) is 20.3. The highest BCUT2D eigenvalue weighted by molar-refractivity contribution is 5.94. The van der Waals surface area contributed by atoms with Crippen LogP contribution < -0.4 is 15.1 Å². The molecular weight excluding hydrogens is 420 g/mol. The summed E-state index contributed by atoms with van der Waals surface area (Å²) in [6, 6.07) is 18.8. The van der Waals surface area contributed by atoms with Crippen LogP contribution >= 0.6 is 0 Å². The Hall–Kier alpha value is -4.32. The van der Waals surface area contributed by atoms with Crippen molar-refractivity contribution in [2.45, 2.75) is 19.3 Å². The number of hydrogen-bond donors (Lipinski definition) is 1. The molecule has 2 atom stereocenters. The summed E-state index contributed by atoms with van der Waals surface area (Å²) >= 11 is 0. The number of allylic oxidation sites excluding steroid dienone is 5. The lowest BCUT2D eigenvalue weighted by molar-refractivity contribution is 0.287. The summed E-state index contributed by atoms with van der Waals surface area (Å²) in [6.07, 6.45) is 11.7. The monoisotopic (exact) mass is 446 g/mol. The van der Waals surface area contributed by atoms with E-state index in [9.17, 15) is 0 Å². The lowest BCUT2D eigenvalue weighted by atomic mass is 9.87. The highest BCUT2D eigenvalue weighted by Crippen LogP contribution is 2.49. The van der Waals surface area contributed by atoms with E-state index in [1.54, 1.807) is 12.4 Å². The summed E-state index contributed by atoms with van der Waals surface area (Å²) in [5.41, 5.74) is 6.68. The Morgan fingerprint density at radius 2 is 1.62 bits per heavy atom. The van der Waals surface area contributed by atoms with Gasteiger partial charge in [-0.3, -0.25) is 9.80 Å². The quantitative estimate of drug-likeness (QED) is 0.572. The number of likely N-dealkylation sites (N-methyl/N-ethyl adjacent to an activating group) is 1. The first-order valence-corrected chi connectivity index (χ1v) is 11.4. The summed E-state index contributed by atoms with van der Waals surface area (Å²) in [4.78, 5) is 16.4. The highest BCUT2D eigenvalue weighted by Gasteiger charge is 2.46. The fourth-order valence-electron chi connectivity index (χ4n) is 4.95. The molecule has 2 unspecified atom stereocenters. The van der Waals surface area contributed by atoms with Crippen molar-refractivity contribution >= 4 is 28.6 Å². The molecule has 0 fully saturated rings. The zero-order valence-electron chi connectivity index (χ0n) is 19.3. The molecule has 3 heterocycles. The molecule has 3 aromatic rings. The topological polar surface area (TPSA) is 47.5 Å². The van der Waals surface area contributed by atoms with Crippen LogP contribution in [0.25, 0.3) is 5.57 Å². The zero-order chi connectivity index (χ0) is 23.2. The Bertz CT molecular complexity index is 1360.